The number of hydrogen-bond acceptors (Lipinski definition) is 0. The van der Waals surface area contributed by atoms with Crippen LogP contribution in [0.3, 0.4) is 0 Å². The van der Waals surface area contributed by atoms with Crippen molar-refractivity contribution in [2.24, 2.45) is 0 Å². The molecule has 0 heterocycles. The summed E-state index contributed by atoms with van der Waals surface area (Å²) in [6, 6.07) is 29.3. The van der Waals surface area contributed by atoms with Crippen LogP contribution in [-0.4, -0.2) is 0 Å². The van der Waals surface area contributed by atoms with E-state index in [0.717, 1.165) is 0 Å². The van der Waals surface area contributed by atoms with Crippen molar-refractivity contribution in [2.75, 3.05) is 0 Å². The first-order valence-electron chi connectivity index (χ1n) is 15.9. The van der Waals surface area contributed by atoms with E-state index in [2.05, 4.69) is 128 Å². The molecular formula is C41H44. The van der Waals surface area contributed by atoms with Crippen LogP contribution in [0.4, 0.5) is 0 Å². The highest BCUT2D eigenvalue weighted by Gasteiger charge is 2.54. The predicted molar refractivity (Wildman–Crippen MR) is 173 cm³/mol. The molecule has 0 aliphatic heterocycles. The minimum absolute atomic E-state index is 0.165. The highest BCUT2D eigenvalue weighted by Crippen LogP contribution is 2.65. The van der Waals surface area contributed by atoms with E-state index in [9.17, 15) is 0 Å². The standard InChI is InChI=1S/C41H44/c1-37(2)17-19-39(5,6)35-23-31-27(21-33(35)37)25-13-9-11-15-29(25)41(31)30-16-12-10-14-26(30)28-22-34-36(24-32(28)41)40(7,8)20-18-38(34,3)4/h9-16,21-24H,17-20H2,1-8H3. The van der Waals surface area contributed by atoms with Crippen molar-refractivity contribution in [1.29, 1.82) is 0 Å². The van der Waals surface area contributed by atoms with Crippen LogP contribution >= 0.6 is 0 Å². The summed E-state index contributed by atoms with van der Waals surface area (Å²) in [5.41, 5.74) is 18.3. The summed E-state index contributed by atoms with van der Waals surface area (Å²) < 4.78 is 0. The Bertz CT molecular complexity index is 1650. The topological polar surface area (TPSA) is 0 Å². The zero-order valence-electron chi connectivity index (χ0n) is 26.3. The van der Waals surface area contributed by atoms with Crippen molar-refractivity contribution in [1.82, 2.24) is 0 Å². The normalized spacial score (nSPS) is 22.2. The van der Waals surface area contributed by atoms with Crippen molar-refractivity contribution in [3.8, 4) is 22.3 Å². The molecule has 0 nitrogen and oxygen atoms in total. The second-order valence-corrected chi connectivity index (χ2v) is 16.3. The predicted octanol–water partition coefficient (Wildman–Crippen LogP) is 10.7. The third-order valence-corrected chi connectivity index (χ3v) is 12.0. The van der Waals surface area contributed by atoms with E-state index in [4.69, 9.17) is 0 Å². The number of hydrogen-bond donors (Lipinski definition) is 0. The molecule has 0 radical (unpaired) electrons. The Kier molecular flexibility index (Phi) is 4.76. The molecule has 4 aliphatic carbocycles. The lowest BCUT2D eigenvalue weighted by molar-refractivity contribution is 0.331. The maximum absolute atomic E-state index is 2.67. The molecule has 0 aromatic heterocycles. The molecule has 0 fully saturated rings. The fraction of sp³-hybridized carbons (Fsp3) is 0.415. The van der Waals surface area contributed by atoms with E-state index < -0.39 is 0 Å². The van der Waals surface area contributed by atoms with E-state index >= 15 is 0 Å². The molecule has 4 aromatic carbocycles. The molecule has 8 rings (SSSR count). The highest BCUT2D eigenvalue weighted by atomic mass is 14.6. The van der Waals surface area contributed by atoms with Crippen LogP contribution in [0.5, 0.6) is 0 Å². The van der Waals surface area contributed by atoms with E-state index in [1.54, 1.807) is 22.3 Å². The van der Waals surface area contributed by atoms with E-state index in [1.807, 2.05) is 0 Å². The molecule has 0 atom stereocenters. The van der Waals surface area contributed by atoms with Crippen molar-refractivity contribution >= 4 is 0 Å². The number of benzene rings is 4. The van der Waals surface area contributed by atoms with Crippen LogP contribution in [0, 0.1) is 0 Å². The minimum atomic E-state index is -0.281. The second kappa shape index (κ2) is 7.63. The van der Waals surface area contributed by atoms with Gasteiger partial charge in [0.25, 0.3) is 0 Å². The lowest BCUT2D eigenvalue weighted by atomic mass is 9.60. The van der Waals surface area contributed by atoms with Crippen molar-refractivity contribution in [2.45, 2.75) is 108 Å². The Morgan fingerprint density at radius 3 is 1.02 bits per heavy atom. The van der Waals surface area contributed by atoms with Gasteiger partial charge in [-0.25, -0.2) is 0 Å². The fourth-order valence-corrected chi connectivity index (χ4v) is 9.25. The zero-order chi connectivity index (χ0) is 28.7. The van der Waals surface area contributed by atoms with Gasteiger partial charge in [-0.15, -0.1) is 0 Å². The van der Waals surface area contributed by atoms with Gasteiger partial charge in [0.15, 0.2) is 0 Å². The molecule has 0 N–H and O–H groups in total. The van der Waals surface area contributed by atoms with Gasteiger partial charge in [-0.05, 0) is 126 Å². The summed E-state index contributed by atoms with van der Waals surface area (Å²) in [6.07, 6.45) is 4.94. The SMILES string of the molecule is CC1(C)CCC(C)(C)c2cc3c(cc21)-c1ccccc1C31c2ccccc2-c2cc3c(cc21)C(C)(C)CCC3(C)C. The molecule has 41 heavy (non-hydrogen) atoms. The lowest BCUT2D eigenvalue weighted by Crippen LogP contribution is -2.36. The Labute approximate surface area is 247 Å². The van der Waals surface area contributed by atoms with Crippen LogP contribution in [0.2, 0.25) is 0 Å². The summed E-state index contributed by atoms with van der Waals surface area (Å²) in [5, 5.41) is 0. The minimum Gasteiger partial charge on any atom is -0.0619 e. The molecular weight excluding hydrogens is 492 g/mol. The quantitative estimate of drug-likeness (QED) is 0.181. The number of fused-ring (bicyclic) bond motifs is 12. The molecule has 0 saturated heterocycles. The smallest absolute Gasteiger partial charge is 0.0619 e. The maximum Gasteiger partial charge on any atom is 0.0725 e. The molecule has 0 amide bonds. The van der Waals surface area contributed by atoms with Gasteiger partial charge < -0.3 is 0 Å². The van der Waals surface area contributed by atoms with Gasteiger partial charge in [0.1, 0.15) is 0 Å². The van der Waals surface area contributed by atoms with E-state index in [0.29, 0.717) is 0 Å². The third kappa shape index (κ3) is 3.07. The van der Waals surface area contributed by atoms with Gasteiger partial charge in [-0.1, -0.05) is 116 Å². The summed E-state index contributed by atoms with van der Waals surface area (Å²) >= 11 is 0. The zero-order valence-corrected chi connectivity index (χ0v) is 26.3. The summed E-state index contributed by atoms with van der Waals surface area (Å²) in [4.78, 5) is 0. The first-order chi connectivity index (χ1) is 19.3. The van der Waals surface area contributed by atoms with Gasteiger partial charge >= 0.3 is 0 Å². The van der Waals surface area contributed by atoms with E-state index in [-0.39, 0.29) is 27.1 Å². The molecule has 0 unspecified atom stereocenters. The summed E-state index contributed by atoms with van der Waals surface area (Å²) in [7, 11) is 0. The molecule has 208 valence electrons. The Morgan fingerprint density at radius 2 is 0.659 bits per heavy atom. The van der Waals surface area contributed by atoms with Crippen LogP contribution < -0.4 is 0 Å². The van der Waals surface area contributed by atoms with Gasteiger partial charge in [0.05, 0.1) is 5.41 Å². The van der Waals surface area contributed by atoms with Crippen molar-refractivity contribution in [3.05, 3.63) is 117 Å². The molecule has 0 heteroatoms. The van der Waals surface area contributed by atoms with Gasteiger partial charge in [0, 0.05) is 0 Å². The monoisotopic (exact) mass is 536 g/mol. The van der Waals surface area contributed by atoms with Crippen molar-refractivity contribution < 1.29 is 0 Å². The van der Waals surface area contributed by atoms with Crippen LogP contribution in [0.1, 0.15) is 126 Å². The Balaban J connectivity index is 1.55. The summed E-state index contributed by atoms with van der Waals surface area (Å²) in [5.74, 6) is 0. The van der Waals surface area contributed by atoms with Crippen LogP contribution in [-0.2, 0) is 27.1 Å². The second-order valence-electron chi connectivity index (χ2n) is 16.3. The number of rotatable bonds is 0. The Morgan fingerprint density at radius 1 is 0.341 bits per heavy atom. The maximum atomic E-state index is 2.67. The van der Waals surface area contributed by atoms with Crippen LogP contribution in [0.25, 0.3) is 22.3 Å². The first kappa shape index (κ1) is 25.6. The van der Waals surface area contributed by atoms with Crippen molar-refractivity contribution in [3.63, 3.8) is 0 Å². The van der Waals surface area contributed by atoms with Crippen LogP contribution in [0.15, 0.2) is 72.8 Å². The van der Waals surface area contributed by atoms with Gasteiger partial charge in [0.2, 0.25) is 0 Å². The molecule has 4 aliphatic rings. The highest BCUT2D eigenvalue weighted by molar-refractivity contribution is 5.96. The third-order valence-electron chi connectivity index (χ3n) is 12.0. The summed E-state index contributed by atoms with van der Waals surface area (Å²) in [6.45, 7) is 19.7. The lowest BCUT2D eigenvalue weighted by Gasteiger charge is -2.44. The van der Waals surface area contributed by atoms with E-state index in [1.165, 1.54) is 70.2 Å². The first-order valence-corrected chi connectivity index (χ1v) is 15.9. The molecule has 1 spiro atoms. The average molecular weight is 537 g/mol. The van der Waals surface area contributed by atoms with Gasteiger partial charge in [-0.2, -0.15) is 0 Å². The Hall–Kier alpha value is -3.12. The molecule has 0 saturated carbocycles. The molecule has 0 bridgehead atoms. The fourth-order valence-electron chi connectivity index (χ4n) is 9.25. The van der Waals surface area contributed by atoms with Gasteiger partial charge in [-0.3, -0.25) is 0 Å². The molecule has 4 aromatic rings. The average Bonchev–Trinajstić information content (AvgIpc) is 3.39. The largest absolute Gasteiger partial charge is 0.0725 e.